The molecule has 0 unspecified atom stereocenters. The van der Waals surface area contributed by atoms with E-state index in [0.717, 1.165) is 5.39 Å². The van der Waals surface area contributed by atoms with Crippen molar-refractivity contribution in [3.05, 3.63) is 65.4 Å². The number of Topliss-reactive ketones (excluding diaryl/α,β-unsaturated/α-hetero) is 1. The van der Waals surface area contributed by atoms with Crippen LogP contribution in [0.1, 0.15) is 33.4 Å². The van der Waals surface area contributed by atoms with Gasteiger partial charge in [0.2, 0.25) is 5.76 Å². The number of hydrogen-bond acceptors (Lipinski definition) is 6. The number of carbonyl (C=O) groups is 3. The maximum atomic E-state index is 12.4. The Kier molecular flexibility index (Phi) is 5.86. The Balaban J connectivity index is 1.65. The fraction of sp³-hybridized carbons (Fsp3) is 0.190. The molecule has 0 saturated carbocycles. The van der Waals surface area contributed by atoms with Crippen molar-refractivity contribution in [1.29, 1.82) is 0 Å². The number of methoxy groups -OCH3 is 1. The predicted octanol–water partition coefficient (Wildman–Crippen LogP) is 3.58. The van der Waals surface area contributed by atoms with Gasteiger partial charge < -0.3 is 19.2 Å². The van der Waals surface area contributed by atoms with Gasteiger partial charge >= 0.3 is 5.97 Å². The van der Waals surface area contributed by atoms with Crippen molar-refractivity contribution in [1.82, 2.24) is 0 Å². The van der Waals surface area contributed by atoms with E-state index < -0.39 is 18.5 Å². The number of hydrogen-bond donors (Lipinski definition) is 1. The van der Waals surface area contributed by atoms with Crippen LogP contribution in [0.3, 0.4) is 0 Å². The van der Waals surface area contributed by atoms with Gasteiger partial charge in [0.15, 0.2) is 12.4 Å². The minimum atomic E-state index is -0.745. The second-order valence-corrected chi connectivity index (χ2v) is 6.10. The number of ketones is 1. The Hall–Kier alpha value is -3.45. The molecule has 0 spiro atoms. The average Bonchev–Trinajstić information content (AvgIpc) is 3.06. The molecule has 0 atom stereocenters. The lowest BCUT2D eigenvalue weighted by atomic mass is 10.1. The van der Waals surface area contributed by atoms with Crippen LogP contribution >= 0.6 is 0 Å². The van der Waals surface area contributed by atoms with Crippen molar-refractivity contribution >= 4 is 34.3 Å². The van der Waals surface area contributed by atoms with Gasteiger partial charge in [-0.15, -0.1) is 0 Å². The normalized spacial score (nSPS) is 10.6. The Bertz CT molecular complexity index is 1020. The van der Waals surface area contributed by atoms with Gasteiger partial charge in [0.05, 0.1) is 6.61 Å². The molecule has 1 N–H and O–H groups in total. The van der Waals surface area contributed by atoms with Crippen molar-refractivity contribution in [3.63, 3.8) is 0 Å². The minimum absolute atomic E-state index is 0.0154. The molecule has 0 bridgehead atoms. The molecule has 7 heteroatoms. The number of fused-ring (bicyclic) bond motifs is 1. The van der Waals surface area contributed by atoms with E-state index in [1.54, 1.807) is 36.4 Å². The fourth-order valence-corrected chi connectivity index (χ4v) is 2.73. The lowest BCUT2D eigenvalue weighted by molar-refractivity contribution is -0.119. The zero-order valence-electron chi connectivity index (χ0n) is 15.5. The molecule has 0 radical (unpaired) electrons. The van der Waals surface area contributed by atoms with E-state index in [0.29, 0.717) is 22.4 Å². The number of benzene rings is 2. The van der Waals surface area contributed by atoms with Gasteiger partial charge in [0.1, 0.15) is 5.58 Å². The summed E-state index contributed by atoms with van der Waals surface area (Å²) in [6.07, 6.45) is 0. The van der Waals surface area contributed by atoms with Crippen LogP contribution in [-0.4, -0.2) is 31.4 Å². The number of esters is 1. The van der Waals surface area contributed by atoms with Crippen LogP contribution in [0.15, 0.2) is 52.9 Å². The number of furan rings is 1. The first-order valence-corrected chi connectivity index (χ1v) is 8.57. The number of rotatable bonds is 7. The molecule has 144 valence electrons. The molecular formula is C21H19NO6. The molecule has 1 heterocycles. The number of carbonyl (C=O) groups excluding carboxylic acids is 3. The summed E-state index contributed by atoms with van der Waals surface area (Å²) in [5.74, 6) is -1.30. The second kappa shape index (κ2) is 8.49. The molecule has 0 aliphatic rings. The molecule has 28 heavy (non-hydrogen) atoms. The van der Waals surface area contributed by atoms with Crippen LogP contribution in [0.25, 0.3) is 11.0 Å². The summed E-state index contributed by atoms with van der Waals surface area (Å²) in [5, 5.41) is 3.35. The summed E-state index contributed by atoms with van der Waals surface area (Å²) >= 11 is 0. The molecule has 1 aromatic heterocycles. The minimum Gasteiger partial charge on any atom is -0.450 e. The third kappa shape index (κ3) is 4.27. The summed E-state index contributed by atoms with van der Waals surface area (Å²) in [7, 11) is 1.52. The molecule has 2 aromatic carbocycles. The lowest BCUT2D eigenvalue weighted by Gasteiger charge is -2.07. The van der Waals surface area contributed by atoms with Crippen LogP contribution in [0, 0.1) is 0 Å². The second-order valence-electron chi connectivity index (χ2n) is 6.10. The molecule has 3 aromatic rings. The lowest BCUT2D eigenvalue weighted by Crippen LogP contribution is -2.21. The number of anilines is 1. The highest BCUT2D eigenvalue weighted by molar-refractivity contribution is 5.99. The van der Waals surface area contributed by atoms with Gasteiger partial charge in [-0.3, -0.25) is 9.59 Å². The Labute approximate surface area is 161 Å². The number of ether oxygens (including phenoxy) is 2. The van der Waals surface area contributed by atoms with E-state index in [9.17, 15) is 14.4 Å². The fourth-order valence-electron chi connectivity index (χ4n) is 2.73. The predicted molar refractivity (Wildman–Crippen MR) is 102 cm³/mol. The summed E-state index contributed by atoms with van der Waals surface area (Å²) < 4.78 is 15.8. The molecule has 0 aliphatic heterocycles. The smallest absolute Gasteiger partial charge is 0.375 e. The van der Waals surface area contributed by atoms with Crippen molar-refractivity contribution in [2.24, 2.45) is 0 Å². The van der Waals surface area contributed by atoms with E-state index in [2.05, 4.69) is 5.32 Å². The third-order valence-corrected chi connectivity index (χ3v) is 4.08. The van der Waals surface area contributed by atoms with E-state index in [1.807, 2.05) is 12.1 Å². The molecule has 7 nitrogen and oxygen atoms in total. The maximum absolute atomic E-state index is 12.4. The number of amides is 1. The van der Waals surface area contributed by atoms with E-state index in [4.69, 9.17) is 13.9 Å². The van der Waals surface area contributed by atoms with Crippen LogP contribution in [0.4, 0.5) is 5.69 Å². The molecule has 1 amide bonds. The Morgan fingerprint density at radius 2 is 1.75 bits per heavy atom. The molecular weight excluding hydrogens is 362 g/mol. The van der Waals surface area contributed by atoms with Gasteiger partial charge in [-0.1, -0.05) is 18.2 Å². The molecule has 0 saturated heterocycles. The maximum Gasteiger partial charge on any atom is 0.375 e. The summed E-state index contributed by atoms with van der Waals surface area (Å²) in [5.41, 5.74) is 2.15. The van der Waals surface area contributed by atoms with Crippen molar-refractivity contribution in [2.75, 3.05) is 19.0 Å². The zero-order chi connectivity index (χ0) is 20.1. The molecule has 0 aliphatic carbocycles. The Morgan fingerprint density at radius 1 is 1.04 bits per heavy atom. The first-order chi connectivity index (χ1) is 13.5. The topological polar surface area (TPSA) is 94.8 Å². The van der Waals surface area contributed by atoms with Crippen LogP contribution in [0.5, 0.6) is 0 Å². The molecule has 3 rings (SSSR count). The van der Waals surface area contributed by atoms with Crippen LogP contribution in [0.2, 0.25) is 0 Å². The van der Waals surface area contributed by atoms with Gasteiger partial charge in [-0.2, -0.15) is 0 Å². The zero-order valence-corrected chi connectivity index (χ0v) is 15.5. The molecule has 0 fully saturated rings. The first kappa shape index (κ1) is 19.3. The summed E-state index contributed by atoms with van der Waals surface area (Å²) in [4.78, 5) is 35.7. The summed E-state index contributed by atoms with van der Waals surface area (Å²) in [6.45, 7) is 1.16. The van der Waals surface area contributed by atoms with E-state index in [1.165, 1.54) is 14.0 Å². The van der Waals surface area contributed by atoms with E-state index >= 15 is 0 Å². The average molecular weight is 381 g/mol. The standard InChI is InChI=1S/C21H19NO6/c1-13(23)14-7-9-15(10-8-14)22-19(24)12-27-21(25)20-17(11-26-2)16-5-3-4-6-18(16)28-20/h3-10H,11-12H2,1-2H3,(H,22,24). The Morgan fingerprint density at radius 3 is 2.43 bits per heavy atom. The van der Waals surface area contributed by atoms with Crippen LogP contribution in [-0.2, 0) is 20.9 Å². The highest BCUT2D eigenvalue weighted by Gasteiger charge is 2.22. The largest absolute Gasteiger partial charge is 0.450 e. The van der Waals surface area contributed by atoms with Gasteiger partial charge in [0, 0.05) is 29.3 Å². The van der Waals surface area contributed by atoms with Crippen molar-refractivity contribution < 1.29 is 28.3 Å². The highest BCUT2D eigenvalue weighted by atomic mass is 16.5. The van der Waals surface area contributed by atoms with E-state index in [-0.39, 0.29) is 18.2 Å². The monoisotopic (exact) mass is 381 g/mol. The van der Waals surface area contributed by atoms with Gasteiger partial charge in [0.25, 0.3) is 5.91 Å². The first-order valence-electron chi connectivity index (χ1n) is 8.57. The van der Waals surface area contributed by atoms with Crippen LogP contribution < -0.4 is 5.32 Å². The highest BCUT2D eigenvalue weighted by Crippen LogP contribution is 2.27. The summed E-state index contributed by atoms with van der Waals surface area (Å²) in [6, 6.07) is 13.6. The quantitative estimate of drug-likeness (QED) is 0.497. The van der Waals surface area contributed by atoms with Gasteiger partial charge in [-0.05, 0) is 37.3 Å². The number of nitrogens with one attached hydrogen (secondary N) is 1. The van der Waals surface area contributed by atoms with Crippen molar-refractivity contribution in [3.8, 4) is 0 Å². The SMILES string of the molecule is COCc1c(C(=O)OCC(=O)Nc2ccc(C(C)=O)cc2)oc2ccccc12. The van der Waals surface area contributed by atoms with Crippen molar-refractivity contribution in [2.45, 2.75) is 13.5 Å². The number of para-hydroxylation sites is 1. The van der Waals surface area contributed by atoms with Gasteiger partial charge in [-0.25, -0.2) is 4.79 Å². The third-order valence-electron chi connectivity index (χ3n) is 4.08.